The van der Waals surface area contributed by atoms with E-state index in [-0.39, 0.29) is 0 Å². The van der Waals surface area contributed by atoms with Gasteiger partial charge in [-0.05, 0) is 29.7 Å². The van der Waals surface area contributed by atoms with Gasteiger partial charge in [0.15, 0.2) is 0 Å². The minimum absolute atomic E-state index is 0.402. The van der Waals surface area contributed by atoms with E-state index in [1.54, 1.807) is 18.2 Å². The summed E-state index contributed by atoms with van der Waals surface area (Å²) in [4.78, 5) is 23.1. The Labute approximate surface area is 113 Å². The lowest BCUT2D eigenvalue weighted by Crippen LogP contribution is -2.16. The van der Waals surface area contributed by atoms with Crippen molar-refractivity contribution in [1.29, 1.82) is 0 Å². The van der Waals surface area contributed by atoms with Crippen molar-refractivity contribution in [2.45, 2.75) is 38.7 Å². The van der Waals surface area contributed by atoms with Crippen molar-refractivity contribution in [3.63, 3.8) is 0 Å². The molecule has 0 saturated heterocycles. The predicted octanol–water partition coefficient (Wildman–Crippen LogP) is 3.08. The van der Waals surface area contributed by atoms with Gasteiger partial charge < -0.3 is 5.11 Å². The number of allylic oxidation sites excluding steroid dienone is 1. The van der Waals surface area contributed by atoms with Gasteiger partial charge in [0.25, 0.3) is 0 Å². The lowest BCUT2D eigenvalue weighted by atomic mass is 9.91. The first-order chi connectivity index (χ1) is 9.13. The summed E-state index contributed by atoms with van der Waals surface area (Å²) in [5.74, 6) is -0.981. The first kappa shape index (κ1) is 13.7. The molecule has 1 unspecified atom stereocenters. The molecule has 0 amide bonds. The van der Waals surface area contributed by atoms with E-state index in [2.05, 4.69) is 6.92 Å². The molecule has 1 aliphatic rings. The lowest BCUT2D eigenvalue weighted by molar-refractivity contribution is -0.110. The molecule has 2 rings (SSSR count). The molecule has 3 heteroatoms. The van der Waals surface area contributed by atoms with E-state index in [1.807, 2.05) is 6.07 Å². The quantitative estimate of drug-likeness (QED) is 0.652. The second-order valence-electron chi connectivity index (χ2n) is 4.88. The van der Waals surface area contributed by atoms with Crippen molar-refractivity contribution < 1.29 is 14.7 Å². The molecule has 1 aromatic carbocycles. The van der Waals surface area contributed by atoms with Gasteiger partial charge in [0.2, 0.25) is 11.6 Å². The Kier molecular flexibility index (Phi) is 4.27. The molecule has 0 aliphatic heterocycles. The van der Waals surface area contributed by atoms with Crippen molar-refractivity contribution in [2.24, 2.45) is 0 Å². The van der Waals surface area contributed by atoms with Gasteiger partial charge in [-0.15, -0.1) is 0 Å². The van der Waals surface area contributed by atoms with Gasteiger partial charge in [-0.3, -0.25) is 9.59 Å². The molecular formula is C16H18O3. The molecule has 0 spiro atoms. The van der Waals surface area contributed by atoms with E-state index in [0.29, 0.717) is 17.5 Å². The highest BCUT2D eigenvalue weighted by molar-refractivity contribution is 6.49. The predicted molar refractivity (Wildman–Crippen MR) is 73.9 cm³/mol. The second-order valence-corrected chi connectivity index (χ2v) is 4.88. The fourth-order valence-corrected chi connectivity index (χ4v) is 2.25. The third-order valence-corrected chi connectivity index (χ3v) is 3.43. The van der Waals surface area contributed by atoms with Gasteiger partial charge in [-0.1, -0.05) is 44.4 Å². The van der Waals surface area contributed by atoms with Crippen LogP contribution in [0.15, 0.2) is 24.3 Å². The Morgan fingerprint density at radius 3 is 2.68 bits per heavy atom. The fourth-order valence-electron chi connectivity index (χ4n) is 2.25. The number of benzene rings is 1. The van der Waals surface area contributed by atoms with Gasteiger partial charge in [0.05, 0.1) is 6.10 Å². The van der Waals surface area contributed by atoms with Crippen LogP contribution in [-0.4, -0.2) is 16.7 Å². The number of hydrogen-bond acceptors (Lipinski definition) is 3. The van der Waals surface area contributed by atoms with E-state index in [0.717, 1.165) is 24.8 Å². The van der Waals surface area contributed by atoms with Crippen molar-refractivity contribution >= 4 is 17.6 Å². The second kappa shape index (κ2) is 5.93. The SMILES string of the molecule is CCCCCC(O)c1ccc2c(c1)C(=O)C(=O)C=C2. The zero-order chi connectivity index (χ0) is 13.8. The maximum atomic E-state index is 11.8. The van der Waals surface area contributed by atoms with Crippen LogP contribution in [0.1, 0.15) is 60.2 Å². The molecule has 0 aromatic heterocycles. The largest absolute Gasteiger partial charge is 0.388 e. The number of Topliss-reactive ketones (excluding diaryl/α,β-unsaturated/α-hetero) is 1. The summed E-state index contributed by atoms with van der Waals surface area (Å²) in [7, 11) is 0. The zero-order valence-electron chi connectivity index (χ0n) is 11.1. The first-order valence-electron chi connectivity index (χ1n) is 6.72. The van der Waals surface area contributed by atoms with Crippen LogP contribution in [0.25, 0.3) is 6.08 Å². The van der Waals surface area contributed by atoms with Crippen molar-refractivity contribution in [1.82, 2.24) is 0 Å². The molecule has 0 fully saturated rings. The van der Waals surface area contributed by atoms with E-state index < -0.39 is 17.7 Å². The summed E-state index contributed by atoms with van der Waals surface area (Å²) in [5, 5.41) is 10.1. The molecule has 0 bridgehead atoms. The number of fused-ring (bicyclic) bond motifs is 1. The molecule has 19 heavy (non-hydrogen) atoms. The van der Waals surface area contributed by atoms with Crippen LogP contribution in [0.2, 0.25) is 0 Å². The Bertz CT molecular complexity index is 529. The van der Waals surface area contributed by atoms with Crippen LogP contribution in [0.5, 0.6) is 0 Å². The molecule has 1 aromatic rings. The van der Waals surface area contributed by atoms with Gasteiger partial charge in [-0.25, -0.2) is 0 Å². The normalized spacial score (nSPS) is 15.5. The zero-order valence-corrected chi connectivity index (χ0v) is 11.1. The molecule has 3 nitrogen and oxygen atoms in total. The number of carbonyl (C=O) groups excluding carboxylic acids is 2. The number of carbonyl (C=O) groups is 2. The molecule has 1 atom stereocenters. The van der Waals surface area contributed by atoms with Crippen LogP contribution >= 0.6 is 0 Å². The highest BCUT2D eigenvalue weighted by Crippen LogP contribution is 2.25. The van der Waals surface area contributed by atoms with Crippen LogP contribution < -0.4 is 0 Å². The summed E-state index contributed by atoms with van der Waals surface area (Å²) in [6.45, 7) is 2.11. The molecular weight excluding hydrogens is 240 g/mol. The minimum Gasteiger partial charge on any atom is -0.388 e. The van der Waals surface area contributed by atoms with Gasteiger partial charge in [0, 0.05) is 5.56 Å². The summed E-state index contributed by atoms with van der Waals surface area (Å²) in [6.07, 6.45) is 6.21. The van der Waals surface area contributed by atoms with Crippen LogP contribution in [0.3, 0.4) is 0 Å². The highest BCUT2D eigenvalue weighted by atomic mass is 16.3. The van der Waals surface area contributed by atoms with Crippen molar-refractivity contribution in [3.8, 4) is 0 Å². The number of hydrogen-bond donors (Lipinski definition) is 1. The average molecular weight is 258 g/mol. The fraction of sp³-hybridized carbons (Fsp3) is 0.375. The van der Waals surface area contributed by atoms with Gasteiger partial charge in [0.1, 0.15) is 0 Å². The Balaban J connectivity index is 2.19. The summed E-state index contributed by atoms with van der Waals surface area (Å²) >= 11 is 0. The van der Waals surface area contributed by atoms with Crippen molar-refractivity contribution in [2.75, 3.05) is 0 Å². The van der Waals surface area contributed by atoms with Crippen LogP contribution in [0.4, 0.5) is 0 Å². The Morgan fingerprint density at radius 1 is 1.16 bits per heavy atom. The number of unbranched alkanes of at least 4 members (excludes halogenated alkanes) is 2. The molecule has 1 aliphatic carbocycles. The van der Waals surface area contributed by atoms with Gasteiger partial charge >= 0.3 is 0 Å². The molecule has 100 valence electrons. The summed E-state index contributed by atoms with van der Waals surface area (Å²) in [6, 6.07) is 5.26. The monoisotopic (exact) mass is 258 g/mol. The summed E-state index contributed by atoms with van der Waals surface area (Å²) < 4.78 is 0. The van der Waals surface area contributed by atoms with Crippen LogP contribution in [0, 0.1) is 0 Å². The molecule has 0 radical (unpaired) electrons. The van der Waals surface area contributed by atoms with E-state index >= 15 is 0 Å². The minimum atomic E-state index is -0.564. The maximum absolute atomic E-state index is 11.8. The van der Waals surface area contributed by atoms with E-state index in [1.165, 1.54) is 6.08 Å². The van der Waals surface area contributed by atoms with E-state index in [4.69, 9.17) is 0 Å². The molecule has 0 heterocycles. The average Bonchev–Trinajstić information content (AvgIpc) is 2.43. The smallest absolute Gasteiger partial charge is 0.233 e. The van der Waals surface area contributed by atoms with Crippen LogP contribution in [-0.2, 0) is 4.79 Å². The Hall–Kier alpha value is -1.74. The summed E-state index contributed by atoms with van der Waals surface area (Å²) in [5.41, 5.74) is 1.86. The first-order valence-corrected chi connectivity index (χ1v) is 6.72. The maximum Gasteiger partial charge on any atom is 0.233 e. The number of aliphatic hydroxyl groups is 1. The third-order valence-electron chi connectivity index (χ3n) is 3.43. The molecule has 0 saturated carbocycles. The molecule has 1 N–H and O–H groups in total. The lowest BCUT2D eigenvalue weighted by Gasteiger charge is -2.14. The Morgan fingerprint density at radius 2 is 1.95 bits per heavy atom. The topological polar surface area (TPSA) is 54.4 Å². The standard InChI is InChI=1S/C16H18O3/c1-2-3-4-5-14(17)12-7-6-11-8-9-15(18)16(19)13(11)10-12/h6-10,14,17H,2-5H2,1H3. The highest BCUT2D eigenvalue weighted by Gasteiger charge is 2.22. The number of aliphatic hydroxyl groups excluding tert-OH is 1. The third kappa shape index (κ3) is 2.99. The van der Waals surface area contributed by atoms with E-state index in [9.17, 15) is 14.7 Å². The number of ketones is 2. The van der Waals surface area contributed by atoms with Gasteiger partial charge in [-0.2, -0.15) is 0 Å². The number of rotatable bonds is 5. The van der Waals surface area contributed by atoms with Crippen molar-refractivity contribution in [3.05, 3.63) is 41.0 Å².